The maximum Gasteiger partial charge on any atom is 0.119 e. The van der Waals surface area contributed by atoms with Crippen LogP contribution >= 0.6 is 0 Å². The van der Waals surface area contributed by atoms with E-state index in [1.165, 1.54) is 50.9 Å². The summed E-state index contributed by atoms with van der Waals surface area (Å²) >= 11 is 0. The van der Waals surface area contributed by atoms with Crippen molar-refractivity contribution in [1.29, 1.82) is 0 Å². The summed E-state index contributed by atoms with van der Waals surface area (Å²) in [6.07, 6.45) is 5.52. The Balaban J connectivity index is 1.60. The van der Waals surface area contributed by atoms with Gasteiger partial charge in [-0.1, -0.05) is 12.1 Å². The van der Waals surface area contributed by atoms with Gasteiger partial charge in [0.15, 0.2) is 0 Å². The first-order chi connectivity index (χ1) is 10.3. The Bertz CT molecular complexity index is 439. The van der Waals surface area contributed by atoms with E-state index in [9.17, 15) is 0 Å². The first-order valence-electron chi connectivity index (χ1n) is 8.51. The molecular weight excluding hydrogens is 260 g/mol. The number of hydrogen-bond donors (Lipinski definition) is 1. The molecule has 2 aliphatic rings. The number of nitrogens with one attached hydrogen (secondary N) is 1. The van der Waals surface area contributed by atoms with Crippen LogP contribution in [0.15, 0.2) is 24.3 Å². The van der Waals surface area contributed by atoms with Crippen LogP contribution in [0.4, 0.5) is 0 Å². The molecule has 0 radical (unpaired) electrons. The summed E-state index contributed by atoms with van der Waals surface area (Å²) in [4.78, 5) is 2.64. The Kier molecular flexibility index (Phi) is 5.15. The number of rotatable bonds is 8. The summed E-state index contributed by atoms with van der Waals surface area (Å²) in [7, 11) is 0. The maximum atomic E-state index is 5.62. The monoisotopic (exact) mass is 288 g/mol. The lowest BCUT2D eigenvalue weighted by Crippen LogP contribution is -2.38. The molecule has 0 spiro atoms. The fraction of sp³-hybridized carbons (Fsp3) is 0.667. The highest BCUT2D eigenvalue weighted by Crippen LogP contribution is 2.30. The maximum absolute atomic E-state index is 5.62. The smallest absolute Gasteiger partial charge is 0.119 e. The number of hydrogen-bond acceptors (Lipinski definition) is 3. The minimum atomic E-state index is 0.693. The van der Waals surface area contributed by atoms with Gasteiger partial charge in [-0.2, -0.15) is 0 Å². The first kappa shape index (κ1) is 14.9. The third kappa shape index (κ3) is 4.72. The van der Waals surface area contributed by atoms with Crippen molar-refractivity contribution in [1.82, 2.24) is 10.2 Å². The Morgan fingerprint density at radius 3 is 2.86 bits per heavy atom. The highest BCUT2D eigenvalue weighted by molar-refractivity contribution is 5.28. The van der Waals surface area contributed by atoms with Crippen LogP contribution in [0, 0.1) is 5.92 Å². The lowest BCUT2D eigenvalue weighted by molar-refractivity contribution is 0.231. The van der Waals surface area contributed by atoms with Crippen molar-refractivity contribution in [3.8, 4) is 5.75 Å². The van der Waals surface area contributed by atoms with E-state index in [0.717, 1.165) is 24.8 Å². The average molecular weight is 288 g/mol. The molecule has 1 saturated carbocycles. The standard InChI is InChI=1S/C18H28N2O/c1-2-21-18-7-3-5-16(11-18)13-20(12-15-8-9-15)14-17-6-4-10-19-17/h3,5,7,11,15,17,19H,2,4,6,8-10,12-14H2,1H3. The molecule has 1 aliphatic carbocycles. The molecule has 3 heteroatoms. The molecule has 1 aromatic carbocycles. The van der Waals surface area contributed by atoms with Gasteiger partial charge in [0.1, 0.15) is 5.75 Å². The van der Waals surface area contributed by atoms with Crippen molar-refractivity contribution in [2.24, 2.45) is 5.92 Å². The van der Waals surface area contributed by atoms with Crippen molar-refractivity contribution < 1.29 is 4.74 Å². The highest BCUT2D eigenvalue weighted by atomic mass is 16.5. The van der Waals surface area contributed by atoms with Gasteiger partial charge in [-0.15, -0.1) is 0 Å². The molecule has 3 rings (SSSR count). The molecule has 1 saturated heterocycles. The lowest BCUT2D eigenvalue weighted by atomic mass is 10.1. The summed E-state index contributed by atoms with van der Waals surface area (Å²) in [5.41, 5.74) is 1.37. The van der Waals surface area contributed by atoms with Crippen molar-refractivity contribution in [2.75, 3.05) is 26.2 Å². The van der Waals surface area contributed by atoms with Crippen molar-refractivity contribution in [3.63, 3.8) is 0 Å². The molecule has 116 valence electrons. The van der Waals surface area contributed by atoms with E-state index >= 15 is 0 Å². The molecule has 1 atom stereocenters. The summed E-state index contributed by atoms with van der Waals surface area (Å²) < 4.78 is 5.62. The molecule has 1 unspecified atom stereocenters. The lowest BCUT2D eigenvalue weighted by Gasteiger charge is -2.26. The first-order valence-corrected chi connectivity index (χ1v) is 8.51. The fourth-order valence-electron chi connectivity index (χ4n) is 3.25. The van der Waals surface area contributed by atoms with E-state index < -0.39 is 0 Å². The molecule has 2 fully saturated rings. The molecule has 1 aromatic rings. The topological polar surface area (TPSA) is 24.5 Å². The van der Waals surface area contributed by atoms with Crippen molar-refractivity contribution in [3.05, 3.63) is 29.8 Å². The molecule has 1 N–H and O–H groups in total. The predicted octanol–water partition coefficient (Wildman–Crippen LogP) is 3.05. The largest absolute Gasteiger partial charge is 0.494 e. The summed E-state index contributed by atoms with van der Waals surface area (Å²) in [6, 6.07) is 9.29. The molecule has 0 bridgehead atoms. The zero-order valence-corrected chi connectivity index (χ0v) is 13.2. The molecule has 1 heterocycles. The van der Waals surface area contributed by atoms with Crippen LogP contribution < -0.4 is 10.1 Å². The van der Waals surface area contributed by atoms with Crippen LogP contribution in [0.25, 0.3) is 0 Å². The Labute approximate surface area is 128 Å². The zero-order chi connectivity index (χ0) is 14.5. The van der Waals surface area contributed by atoms with E-state index in [1.54, 1.807) is 0 Å². The van der Waals surface area contributed by atoms with Gasteiger partial charge >= 0.3 is 0 Å². The molecule has 0 amide bonds. The quantitative estimate of drug-likeness (QED) is 0.795. The van der Waals surface area contributed by atoms with E-state index in [2.05, 4.69) is 34.5 Å². The van der Waals surface area contributed by atoms with Gasteiger partial charge in [-0.3, -0.25) is 4.90 Å². The Morgan fingerprint density at radius 2 is 2.14 bits per heavy atom. The second kappa shape index (κ2) is 7.28. The number of ether oxygens (including phenoxy) is 1. The summed E-state index contributed by atoms with van der Waals surface area (Å²) in [5, 5.41) is 3.63. The Hall–Kier alpha value is -1.06. The minimum Gasteiger partial charge on any atom is -0.494 e. The normalized spacial score (nSPS) is 21.9. The molecular formula is C18H28N2O. The third-order valence-corrected chi connectivity index (χ3v) is 4.47. The summed E-state index contributed by atoms with van der Waals surface area (Å²) in [5.74, 6) is 1.95. The zero-order valence-electron chi connectivity index (χ0n) is 13.2. The third-order valence-electron chi connectivity index (χ3n) is 4.47. The van der Waals surface area contributed by atoms with Gasteiger partial charge in [0.2, 0.25) is 0 Å². The Morgan fingerprint density at radius 1 is 1.24 bits per heavy atom. The average Bonchev–Trinajstić information content (AvgIpc) is 3.13. The van der Waals surface area contributed by atoms with Crippen LogP contribution in [0.1, 0.15) is 38.2 Å². The molecule has 21 heavy (non-hydrogen) atoms. The van der Waals surface area contributed by atoms with Gasteiger partial charge in [-0.05, 0) is 62.8 Å². The van der Waals surface area contributed by atoms with Crippen molar-refractivity contribution >= 4 is 0 Å². The van der Waals surface area contributed by atoms with E-state index in [0.29, 0.717) is 6.04 Å². The molecule has 1 aliphatic heterocycles. The van der Waals surface area contributed by atoms with E-state index in [4.69, 9.17) is 4.74 Å². The number of nitrogens with zero attached hydrogens (tertiary/aromatic N) is 1. The SMILES string of the molecule is CCOc1cccc(CN(CC2CC2)CC2CCCN2)c1. The molecule has 3 nitrogen and oxygen atoms in total. The second-order valence-electron chi connectivity index (χ2n) is 6.51. The molecule has 0 aromatic heterocycles. The van der Waals surface area contributed by atoms with E-state index in [-0.39, 0.29) is 0 Å². The van der Waals surface area contributed by atoms with Gasteiger partial charge in [0.05, 0.1) is 6.61 Å². The van der Waals surface area contributed by atoms with Gasteiger partial charge in [-0.25, -0.2) is 0 Å². The van der Waals surface area contributed by atoms with E-state index in [1.807, 2.05) is 6.92 Å². The second-order valence-corrected chi connectivity index (χ2v) is 6.51. The number of benzene rings is 1. The minimum absolute atomic E-state index is 0.693. The predicted molar refractivity (Wildman–Crippen MR) is 86.6 cm³/mol. The van der Waals surface area contributed by atoms with Crippen LogP contribution in [0.3, 0.4) is 0 Å². The van der Waals surface area contributed by atoms with Crippen LogP contribution in [-0.4, -0.2) is 37.2 Å². The fourth-order valence-corrected chi connectivity index (χ4v) is 3.25. The highest BCUT2D eigenvalue weighted by Gasteiger charge is 2.26. The van der Waals surface area contributed by atoms with Crippen LogP contribution in [-0.2, 0) is 6.54 Å². The van der Waals surface area contributed by atoms with Crippen molar-refractivity contribution in [2.45, 2.75) is 45.2 Å². The van der Waals surface area contributed by atoms with Crippen LogP contribution in [0.5, 0.6) is 5.75 Å². The van der Waals surface area contributed by atoms with Gasteiger partial charge < -0.3 is 10.1 Å². The van der Waals surface area contributed by atoms with Crippen LogP contribution in [0.2, 0.25) is 0 Å². The van der Waals surface area contributed by atoms with Gasteiger partial charge in [0.25, 0.3) is 0 Å². The van der Waals surface area contributed by atoms with Gasteiger partial charge in [0, 0.05) is 25.7 Å². The summed E-state index contributed by atoms with van der Waals surface area (Å²) in [6.45, 7) is 7.48.